The molecule has 1 heterocycles. The molecule has 5 heteroatoms. The number of hydrogen-bond donors (Lipinski definition) is 0. The third-order valence-corrected chi connectivity index (χ3v) is 5.71. The summed E-state index contributed by atoms with van der Waals surface area (Å²) in [6.07, 6.45) is 0.703. The zero-order chi connectivity index (χ0) is 20.5. The van der Waals surface area contributed by atoms with Gasteiger partial charge in [0.2, 0.25) is 0 Å². The third kappa shape index (κ3) is 3.96. The minimum atomic E-state index is -0.407. The lowest BCUT2D eigenvalue weighted by atomic mass is 9.78. The summed E-state index contributed by atoms with van der Waals surface area (Å²) in [5.74, 6) is 1.54. The Kier molecular flexibility index (Phi) is 5.60. The Morgan fingerprint density at radius 1 is 0.964 bits per heavy atom. The van der Waals surface area contributed by atoms with Gasteiger partial charge in [0.05, 0.1) is 31.2 Å². The molecule has 2 aromatic carbocycles. The van der Waals surface area contributed by atoms with E-state index >= 15 is 0 Å². The molecule has 0 N–H and O–H groups in total. The maximum Gasteiger partial charge on any atom is 0.494 e. The Morgan fingerprint density at radius 2 is 1.57 bits per heavy atom. The SMILES string of the molecule is C=C(Cc1ccc(-c2ccc(B3OC(C)(C)C(C)(C)O3)cc2OC)cc1)OC. The lowest BCUT2D eigenvalue weighted by Crippen LogP contribution is -2.41. The number of methoxy groups -OCH3 is 2. The number of benzene rings is 2. The molecule has 0 radical (unpaired) electrons. The molecule has 0 amide bonds. The second-order valence-electron chi connectivity index (χ2n) is 8.16. The van der Waals surface area contributed by atoms with Gasteiger partial charge in [-0.1, -0.05) is 43.0 Å². The lowest BCUT2D eigenvalue weighted by Gasteiger charge is -2.32. The molecule has 0 atom stereocenters. The van der Waals surface area contributed by atoms with E-state index in [1.807, 2.05) is 12.1 Å². The summed E-state index contributed by atoms with van der Waals surface area (Å²) in [5.41, 5.74) is 3.48. The molecule has 1 fully saturated rings. The fourth-order valence-corrected chi connectivity index (χ4v) is 3.17. The van der Waals surface area contributed by atoms with Crippen LogP contribution in [0.4, 0.5) is 0 Å². The van der Waals surface area contributed by atoms with Gasteiger partial charge in [-0.25, -0.2) is 0 Å². The molecule has 3 rings (SSSR count). The van der Waals surface area contributed by atoms with E-state index in [4.69, 9.17) is 18.8 Å². The predicted molar refractivity (Wildman–Crippen MR) is 114 cm³/mol. The summed E-state index contributed by atoms with van der Waals surface area (Å²) in [6, 6.07) is 14.4. The number of rotatable bonds is 6. The summed E-state index contributed by atoms with van der Waals surface area (Å²) in [4.78, 5) is 0. The van der Waals surface area contributed by atoms with Crippen LogP contribution in [0.1, 0.15) is 33.3 Å². The van der Waals surface area contributed by atoms with Gasteiger partial charge in [-0.15, -0.1) is 0 Å². The fourth-order valence-electron chi connectivity index (χ4n) is 3.17. The van der Waals surface area contributed by atoms with E-state index in [1.165, 1.54) is 0 Å². The van der Waals surface area contributed by atoms with Crippen LogP contribution in [-0.4, -0.2) is 32.5 Å². The van der Waals surface area contributed by atoms with Crippen LogP contribution in [0.5, 0.6) is 5.75 Å². The van der Waals surface area contributed by atoms with Crippen molar-refractivity contribution in [2.75, 3.05) is 14.2 Å². The average Bonchev–Trinajstić information content (AvgIpc) is 2.89. The highest BCUT2D eigenvalue weighted by molar-refractivity contribution is 6.62. The highest BCUT2D eigenvalue weighted by Crippen LogP contribution is 2.37. The van der Waals surface area contributed by atoms with Gasteiger partial charge in [0, 0.05) is 12.0 Å². The highest BCUT2D eigenvalue weighted by Gasteiger charge is 2.51. The molecular weight excluding hydrogens is 351 g/mol. The van der Waals surface area contributed by atoms with Crippen LogP contribution in [0.15, 0.2) is 54.8 Å². The van der Waals surface area contributed by atoms with E-state index in [2.05, 4.69) is 64.6 Å². The van der Waals surface area contributed by atoms with Crippen LogP contribution in [0, 0.1) is 0 Å². The summed E-state index contributed by atoms with van der Waals surface area (Å²) < 4.78 is 23.2. The first-order valence-electron chi connectivity index (χ1n) is 9.51. The van der Waals surface area contributed by atoms with Crippen molar-refractivity contribution in [2.45, 2.75) is 45.3 Å². The van der Waals surface area contributed by atoms with Gasteiger partial charge in [0.15, 0.2) is 0 Å². The minimum Gasteiger partial charge on any atom is -0.501 e. The first-order chi connectivity index (χ1) is 13.2. The molecule has 0 aromatic heterocycles. The van der Waals surface area contributed by atoms with Crippen LogP contribution in [0.3, 0.4) is 0 Å². The predicted octanol–water partition coefficient (Wildman–Crippen LogP) is 4.36. The molecule has 0 aliphatic carbocycles. The summed E-state index contributed by atoms with van der Waals surface area (Å²) >= 11 is 0. The molecule has 0 saturated carbocycles. The molecule has 28 heavy (non-hydrogen) atoms. The summed E-state index contributed by atoms with van der Waals surface area (Å²) in [7, 11) is 2.92. The number of allylic oxidation sites excluding steroid dienone is 1. The van der Waals surface area contributed by atoms with Crippen LogP contribution in [0.25, 0.3) is 11.1 Å². The quantitative estimate of drug-likeness (QED) is 0.551. The average molecular weight is 380 g/mol. The van der Waals surface area contributed by atoms with E-state index < -0.39 is 7.12 Å². The van der Waals surface area contributed by atoms with E-state index in [0.717, 1.165) is 33.7 Å². The van der Waals surface area contributed by atoms with Gasteiger partial charge in [-0.3, -0.25) is 0 Å². The van der Waals surface area contributed by atoms with Crippen LogP contribution >= 0.6 is 0 Å². The Labute approximate surface area is 168 Å². The summed E-state index contributed by atoms with van der Waals surface area (Å²) in [5, 5.41) is 0. The van der Waals surface area contributed by atoms with E-state index in [0.29, 0.717) is 6.42 Å². The Bertz CT molecular complexity index is 839. The largest absolute Gasteiger partial charge is 0.501 e. The molecule has 4 nitrogen and oxygen atoms in total. The molecule has 0 unspecified atom stereocenters. The van der Waals surface area contributed by atoms with Crippen LogP contribution in [-0.2, 0) is 20.5 Å². The van der Waals surface area contributed by atoms with Gasteiger partial charge in [-0.2, -0.15) is 0 Å². The third-order valence-electron chi connectivity index (χ3n) is 5.71. The maximum atomic E-state index is 6.16. The van der Waals surface area contributed by atoms with Crippen molar-refractivity contribution in [1.29, 1.82) is 0 Å². The smallest absolute Gasteiger partial charge is 0.494 e. The zero-order valence-corrected chi connectivity index (χ0v) is 17.7. The second-order valence-corrected chi connectivity index (χ2v) is 8.16. The lowest BCUT2D eigenvalue weighted by molar-refractivity contribution is 0.00578. The Balaban J connectivity index is 1.85. The molecule has 2 aromatic rings. The van der Waals surface area contributed by atoms with Gasteiger partial charge in [0.25, 0.3) is 0 Å². The van der Waals surface area contributed by atoms with Crippen LogP contribution in [0.2, 0.25) is 0 Å². The topological polar surface area (TPSA) is 36.9 Å². The molecule has 0 bridgehead atoms. The summed E-state index contributed by atoms with van der Waals surface area (Å²) in [6.45, 7) is 12.1. The molecule has 1 saturated heterocycles. The minimum absolute atomic E-state index is 0.369. The molecule has 0 spiro atoms. The normalized spacial score (nSPS) is 17.4. The number of hydrogen-bond acceptors (Lipinski definition) is 4. The van der Waals surface area contributed by atoms with Crippen molar-refractivity contribution in [3.8, 4) is 16.9 Å². The fraction of sp³-hybridized carbons (Fsp3) is 0.391. The monoisotopic (exact) mass is 380 g/mol. The van der Waals surface area contributed by atoms with Crippen molar-refractivity contribution in [3.63, 3.8) is 0 Å². The van der Waals surface area contributed by atoms with E-state index in [1.54, 1.807) is 14.2 Å². The molecule has 1 aliphatic heterocycles. The van der Waals surface area contributed by atoms with Crippen molar-refractivity contribution >= 4 is 12.6 Å². The van der Waals surface area contributed by atoms with Gasteiger partial charge >= 0.3 is 7.12 Å². The molecule has 1 aliphatic rings. The van der Waals surface area contributed by atoms with Crippen molar-refractivity contribution in [3.05, 3.63) is 60.4 Å². The van der Waals surface area contributed by atoms with Gasteiger partial charge in [-0.05, 0) is 50.4 Å². The van der Waals surface area contributed by atoms with Crippen LogP contribution < -0.4 is 10.2 Å². The highest BCUT2D eigenvalue weighted by atomic mass is 16.7. The Hall–Kier alpha value is -2.24. The zero-order valence-electron chi connectivity index (χ0n) is 17.7. The van der Waals surface area contributed by atoms with Crippen molar-refractivity contribution in [2.24, 2.45) is 0 Å². The van der Waals surface area contributed by atoms with Gasteiger partial charge < -0.3 is 18.8 Å². The van der Waals surface area contributed by atoms with Gasteiger partial charge in [0.1, 0.15) is 5.75 Å². The first-order valence-corrected chi connectivity index (χ1v) is 9.51. The standard InChI is InChI=1S/C23H29BO4/c1-16(25-6)14-17-8-10-18(11-9-17)20-13-12-19(15-21(20)26-7)24-27-22(2,3)23(4,5)28-24/h8-13,15H,1,14H2,2-7H3. The number of ether oxygens (including phenoxy) is 2. The van der Waals surface area contributed by atoms with Crippen molar-refractivity contribution in [1.82, 2.24) is 0 Å². The van der Waals surface area contributed by atoms with E-state index in [-0.39, 0.29) is 11.2 Å². The van der Waals surface area contributed by atoms with Crippen molar-refractivity contribution < 1.29 is 18.8 Å². The molecular formula is C23H29BO4. The van der Waals surface area contributed by atoms with E-state index in [9.17, 15) is 0 Å². The second kappa shape index (κ2) is 7.65. The molecule has 148 valence electrons. The first kappa shape index (κ1) is 20.5. The maximum absolute atomic E-state index is 6.16. The Morgan fingerprint density at radius 3 is 2.11 bits per heavy atom.